The summed E-state index contributed by atoms with van der Waals surface area (Å²) in [4.78, 5) is 0. The van der Waals surface area contributed by atoms with Crippen LogP contribution in [0.5, 0.6) is 5.75 Å². The quantitative estimate of drug-likeness (QED) is 0.444. The lowest BCUT2D eigenvalue weighted by Gasteiger charge is -2.08. The number of thiophene rings is 1. The van der Waals surface area contributed by atoms with Gasteiger partial charge in [-0.2, -0.15) is 12.8 Å². The van der Waals surface area contributed by atoms with Gasteiger partial charge in [0, 0.05) is 5.56 Å². The van der Waals surface area contributed by atoms with Gasteiger partial charge in [-0.1, -0.05) is 50.8 Å². The molecule has 0 aliphatic heterocycles. The topological polar surface area (TPSA) is 55.7 Å². The van der Waals surface area contributed by atoms with Crippen LogP contribution in [0, 0.1) is 0 Å². The average Bonchev–Trinajstić information content (AvgIpc) is 3.12. The Bertz CT molecular complexity index is 737. The highest BCUT2D eigenvalue weighted by Crippen LogP contribution is 2.20. The molecule has 2 aromatic rings. The van der Waals surface area contributed by atoms with Crippen LogP contribution in [0.15, 0.2) is 50.4 Å². The molecule has 0 aliphatic carbocycles. The van der Waals surface area contributed by atoms with Gasteiger partial charge < -0.3 is 4.74 Å². The van der Waals surface area contributed by atoms with Crippen molar-refractivity contribution in [1.29, 1.82) is 0 Å². The highest BCUT2D eigenvalue weighted by molar-refractivity contribution is 7.92. The second-order valence-corrected chi connectivity index (χ2v) is 8.25. The van der Waals surface area contributed by atoms with Crippen molar-refractivity contribution in [2.75, 3.05) is 6.61 Å². The second-order valence-electron chi connectivity index (χ2n) is 5.44. The molecule has 0 N–H and O–H groups in total. The van der Waals surface area contributed by atoms with Crippen LogP contribution in [0.3, 0.4) is 0 Å². The molecule has 0 amide bonds. The van der Waals surface area contributed by atoms with Crippen LogP contribution >= 0.6 is 11.3 Å². The lowest BCUT2D eigenvalue weighted by molar-refractivity contribution is 0.304. The third kappa shape index (κ3) is 5.76. The predicted octanol–water partition coefficient (Wildman–Crippen LogP) is 4.91. The van der Waals surface area contributed by atoms with Crippen molar-refractivity contribution in [3.8, 4) is 5.75 Å². The van der Waals surface area contributed by atoms with Gasteiger partial charge in [0.15, 0.2) is 0 Å². The summed E-state index contributed by atoms with van der Waals surface area (Å²) >= 11 is 1.16. The number of hydrogen-bond donors (Lipinski definition) is 0. The molecule has 1 aromatic carbocycles. The molecule has 0 fully saturated rings. The van der Waals surface area contributed by atoms with Crippen molar-refractivity contribution in [2.24, 2.45) is 4.40 Å². The first-order valence-electron chi connectivity index (χ1n) is 8.19. The molecule has 0 bridgehead atoms. The first-order valence-corrected chi connectivity index (χ1v) is 10.5. The van der Waals surface area contributed by atoms with Crippen molar-refractivity contribution in [3.05, 3.63) is 47.3 Å². The third-order valence-electron chi connectivity index (χ3n) is 3.50. The smallest absolute Gasteiger partial charge is 0.291 e. The minimum atomic E-state index is -3.63. The van der Waals surface area contributed by atoms with Crippen LogP contribution in [0.4, 0.5) is 0 Å². The highest BCUT2D eigenvalue weighted by Gasteiger charge is 2.12. The number of hydrogen-bond acceptors (Lipinski definition) is 4. The van der Waals surface area contributed by atoms with Gasteiger partial charge in [0.2, 0.25) is 0 Å². The Morgan fingerprint density at radius 1 is 1.08 bits per heavy atom. The van der Waals surface area contributed by atoms with Crippen molar-refractivity contribution < 1.29 is 13.2 Å². The zero-order chi connectivity index (χ0) is 17.3. The summed E-state index contributed by atoms with van der Waals surface area (Å²) in [5.41, 5.74) is 0.672. The minimum absolute atomic E-state index is 0.244. The van der Waals surface area contributed by atoms with E-state index < -0.39 is 10.0 Å². The number of benzene rings is 1. The van der Waals surface area contributed by atoms with E-state index in [4.69, 9.17) is 4.74 Å². The maximum atomic E-state index is 12.1. The van der Waals surface area contributed by atoms with E-state index in [2.05, 4.69) is 11.3 Å². The SMILES string of the molecule is CCCCCCCOc1ccccc1/C=N\S(=O)(=O)c1cccs1. The number of rotatable bonds is 10. The van der Waals surface area contributed by atoms with Crippen LogP contribution in [-0.2, 0) is 10.0 Å². The lowest BCUT2D eigenvalue weighted by atomic mass is 10.2. The van der Waals surface area contributed by atoms with Crippen molar-refractivity contribution in [3.63, 3.8) is 0 Å². The number of unbranched alkanes of at least 4 members (excludes halogenated alkanes) is 4. The second kappa shape index (κ2) is 9.59. The first-order chi connectivity index (χ1) is 11.6. The molecular formula is C18H23NO3S2. The summed E-state index contributed by atoms with van der Waals surface area (Å²) in [5.74, 6) is 0.665. The Kier molecular flexibility index (Phi) is 7.46. The molecule has 2 rings (SSSR count). The van der Waals surface area contributed by atoms with E-state index in [0.29, 0.717) is 17.9 Å². The third-order valence-corrected chi connectivity index (χ3v) is 6.11. The van der Waals surface area contributed by atoms with Crippen LogP contribution in [-0.4, -0.2) is 21.2 Å². The molecule has 6 heteroatoms. The Morgan fingerprint density at radius 2 is 1.88 bits per heavy atom. The maximum Gasteiger partial charge on any atom is 0.291 e. The summed E-state index contributed by atoms with van der Waals surface area (Å²) in [7, 11) is -3.63. The molecule has 130 valence electrons. The van der Waals surface area contributed by atoms with E-state index in [-0.39, 0.29) is 4.21 Å². The van der Waals surface area contributed by atoms with Crippen LogP contribution < -0.4 is 4.74 Å². The summed E-state index contributed by atoms with van der Waals surface area (Å²) in [5, 5.41) is 1.72. The molecule has 0 atom stereocenters. The molecular weight excluding hydrogens is 342 g/mol. The normalized spacial score (nSPS) is 11.9. The van der Waals surface area contributed by atoms with Gasteiger partial charge in [0.05, 0.1) is 12.8 Å². The average molecular weight is 366 g/mol. The Hall–Kier alpha value is -1.66. The van der Waals surface area contributed by atoms with Gasteiger partial charge in [-0.3, -0.25) is 0 Å². The largest absolute Gasteiger partial charge is 0.493 e. The lowest BCUT2D eigenvalue weighted by Crippen LogP contribution is -2.01. The van der Waals surface area contributed by atoms with Gasteiger partial charge in [0.1, 0.15) is 9.96 Å². The zero-order valence-corrected chi connectivity index (χ0v) is 15.5. The minimum Gasteiger partial charge on any atom is -0.493 e. The first kappa shape index (κ1) is 18.7. The maximum absolute atomic E-state index is 12.1. The summed E-state index contributed by atoms with van der Waals surface area (Å²) in [6, 6.07) is 10.6. The van der Waals surface area contributed by atoms with E-state index in [1.54, 1.807) is 23.6 Å². The molecule has 0 unspecified atom stereocenters. The van der Waals surface area contributed by atoms with E-state index in [1.165, 1.54) is 25.5 Å². The molecule has 0 saturated heterocycles. The van der Waals surface area contributed by atoms with E-state index in [9.17, 15) is 8.42 Å². The van der Waals surface area contributed by atoms with Gasteiger partial charge in [-0.25, -0.2) is 0 Å². The van der Waals surface area contributed by atoms with Crippen LogP contribution in [0.2, 0.25) is 0 Å². The number of sulfonamides is 1. The van der Waals surface area contributed by atoms with E-state index >= 15 is 0 Å². The van der Waals surface area contributed by atoms with Gasteiger partial charge in [-0.15, -0.1) is 11.3 Å². The molecule has 1 aromatic heterocycles. The van der Waals surface area contributed by atoms with Crippen molar-refractivity contribution in [2.45, 2.75) is 43.2 Å². The van der Waals surface area contributed by atoms with Gasteiger partial charge in [-0.05, 0) is 30.0 Å². The molecule has 4 nitrogen and oxygen atoms in total. The number of nitrogens with zero attached hydrogens (tertiary/aromatic N) is 1. The molecule has 0 radical (unpaired) electrons. The zero-order valence-electron chi connectivity index (χ0n) is 13.8. The summed E-state index contributed by atoms with van der Waals surface area (Å²) in [6.45, 7) is 2.82. The van der Waals surface area contributed by atoms with E-state index in [1.807, 2.05) is 18.2 Å². The van der Waals surface area contributed by atoms with Crippen LogP contribution in [0.25, 0.3) is 0 Å². The summed E-state index contributed by atoms with van der Waals surface area (Å²) in [6.07, 6.45) is 7.21. The Morgan fingerprint density at radius 3 is 2.62 bits per heavy atom. The highest BCUT2D eigenvalue weighted by atomic mass is 32.2. The van der Waals surface area contributed by atoms with Crippen molar-refractivity contribution >= 4 is 27.6 Å². The Balaban J connectivity index is 1.97. The Labute approximate surface area is 148 Å². The standard InChI is InChI=1S/C18H23NO3S2/c1-2-3-4-5-8-13-22-17-11-7-6-10-16(17)15-19-24(20,21)18-12-9-14-23-18/h6-7,9-12,14-15H,2-5,8,13H2,1H3/b19-15-. The predicted molar refractivity (Wildman–Crippen MR) is 99.8 cm³/mol. The van der Waals surface area contributed by atoms with Gasteiger partial charge in [0.25, 0.3) is 10.0 Å². The molecule has 24 heavy (non-hydrogen) atoms. The van der Waals surface area contributed by atoms with Crippen LogP contribution in [0.1, 0.15) is 44.6 Å². The molecule has 1 heterocycles. The fraction of sp³-hybridized carbons (Fsp3) is 0.389. The van der Waals surface area contributed by atoms with Gasteiger partial charge >= 0.3 is 0 Å². The van der Waals surface area contributed by atoms with E-state index in [0.717, 1.165) is 24.2 Å². The molecule has 0 aliphatic rings. The number of para-hydroxylation sites is 1. The number of ether oxygens (including phenoxy) is 1. The summed E-state index contributed by atoms with van der Waals surface area (Å²) < 4.78 is 34.0. The fourth-order valence-electron chi connectivity index (χ4n) is 2.19. The fourth-order valence-corrected chi connectivity index (χ4v) is 4.03. The molecule has 0 saturated carbocycles. The monoisotopic (exact) mass is 365 g/mol. The van der Waals surface area contributed by atoms with Crippen molar-refractivity contribution in [1.82, 2.24) is 0 Å². The molecule has 0 spiro atoms.